The van der Waals surface area contributed by atoms with Gasteiger partial charge >= 0.3 is 6.18 Å². The minimum Gasteiger partial charge on any atom is -0.352 e. The van der Waals surface area contributed by atoms with E-state index in [4.69, 9.17) is 0 Å². The Morgan fingerprint density at radius 2 is 1.83 bits per heavy atom. The lowest BCUT2D eigenvalue weighted by molar-refractivity contribution is -0.135. The van der Waals surface area contributed by atoms with E-state index in [1.54, 1.807) is 0 Å². The Balaban J connectivity index is 2.28. The Labute approximate surface area is 102 Å². The fourth-order valence-electron chi connectivity index (χ4n) is 1.39. The number of amides is 1. The maximum atomic E-state index is 13.2. The van der Waals surface area contributed by atoms with Gasteiger partial charge in [0.15, 0.2) is 0 Å². The number of benzene rings is 1. The van der Waals surface area contributed by atoms with E-state index in [0.717, 1.165) is 6.07 Å². The van der Waals surface area contributed by atoms with Gasteiger partial charge < -0.3 is 5.32 Å². The van der Waals surface area contributed by atoms with E-state index in [-0.39, 0.29) is 24.9 Å². The summed E-state index contributed by atoms with van der Waals surface area (Å²) in [7, 11) is 0. The first-order valence-electron chi connectivity index (χ1n) is 5.49. The van der Waals surface area contributed by atoms with Crippen molar-refractivity contribution in [3.8, 4) is 0 Å². The molecule has 0 radical (unpaired) electrons. The summed E-state index contributed by atoms with van der Waals surface area (Å²) in [6.45, 7) is 0.100. The largest absolute Gasteiger partial charge is 0.389 e. The van der Waals surface area contributed by atoms with Gasteiger partial charge in [-0.15, -0.1) is 0 Å². The van der Waals surface area contributed by atoms with E-state index in [1.807, 2.05) is 0 Å². The third-order valence-electron chi connectivity index (χ3n) is 2.29. The molecular formula is C12H13F4NO. The van der Waals surface area contributed by atoms with E-state index >= 15 is 0 Å². The highest BCUT2D eigenvalue weighted by Gasteiger charge is 2.25. The number of carbonyl (C=O) groups excluding carboxylic acids is 1. The number of rotatable bonds is 5. The smallest absolute Gasteiger partial charge is 0.352 e. The van der Waals surface area contributed by atoms with Gasteiger partial charge in [-0.25, -0.2) is 4.39 Å². The van der Waals surface area contributed by atoms with Crippen LogP contribution in [0.3, 0.4) is 0 Å². The number of carbonyl (C=O) groups is 1. The highest BCUT2D eigenvalue weighted by atomic mass is 19.4. The quantitative estimate of drug-likeness (QED) is 0.641. The Hall–Kier alpha value is -1.59. The fraction of sp³-hybridized carbons (Fsp3) is 0.417. The summed E-state index contributed by atoms with van der Waals surface area (Å²) < 4.78 is 48.6. The molecule has 2 nitrogen and oxygen atoms in total. The summed E-state index contributed by atoms with van der Waals surface area (Å²) >= 11 is 0. The first-order valence-corrected chi connectivity index (χ1v) is 5.49. The summed E-state index contributed by atoms with van der Waals surface area (Å²) in [5.74, 6) is -1.26. The predicted octanol–water partition coefficient (Wildman–Crippen LogP) is 3.29. The van der Waals surface area contributed by atoms with Crippen molar-refractivity contribution in [3.63, 3.8) is 0 Å². The third kappa shape index (κ3) is 5.16. The molecule has 0 saturated carbocycles. The van der Waals surface area contributed by atoms with Crippen LogP contribution < -0.4 is 5.32 Å². The van der Waals surface area contributed by atoms with Crippen LogP contribution in [0.4, 0.5) is 17.6 Å². The molecule has 0 saturated heterocycles. The van der Waals surface area contributed by atoms with E-state index in [0.29, 0.717) is 0 Å². The molecule has 0 fully saturated rings. The van der Waals surface area contributed by atoms with Crippen molar-refractivity contribution in [1.29, 1.82) is 0 Å². The van der Waals surface area contributed by atoms with Crippen LogP contribution in [0.15, 0.2) is 24.3 Å². The molecule has 100 valence electrons. The van der Waals surface area contributed by atoms with Crippen LogP contribution >= 0.6 is 0 Å². The average Bonchev–Trinajstić information content (AvgIpc) is 2.27. The Morgan fingerprint density at radius 3 is 2.44 bits per heavy atom. The van der Waals surface area contributed by atoms with Crippen molar-refractivity contribution in [2.24, 2.45) is 0 Å². The van der Waals surface area contributed by atoms with Gasteiger partial charge in [0.1, 0.15) is 5.82 Å². The van der Waals surface area contributed by atoms with Crippen molar-refractivity contribution in [1.82, 2.24) is 5.32 Å². The second-order valence-electron chi connectivity index (χ2n) is 3.81. The monoisotopic (exact) mass is 263 g/mol. The lowest BCUT2D eigenvalue weighted by Crippen LogP contribution is -2.25. The topological polar surface area (TPSA) is 29.1 Å². The van der Waals surface area contributed by atoms with Gasteiger partial charge in [0, 0.05) is 13.0 Å². The second kappa shape index (κ2) is 6.37. The van der Waals surface area contributed by atoms with Crippen LogP contribution in [0, 0.1) is 5.82 Å². The molecule has 1 N–H and O–H groups in total. The lowest BCUT2D eigenvalue weighted by Gasteiger charge is -2.07. The molecule has 6 heteroatoms. The van der Waals surface area contributed by atoms with Crippen LogP contribution in [0.25, 0.3) is 0 Å². The molecular weight excluding hydrogens is 250 g/mol. The molecule has 0 aliphatic carbocycles. The molecule has 1 aromatic rings. The zero-order valence-corrected chi connectivity index (χ0v) is 9.56. The molecule has 1 rings (SSSR count). The molecule has 0 aromatic heterocycles. The zero-order valence-electron chi connectivity index (χ0n) is 9.56. The highest BCUT2D eigenvalue weighted by Crippen LogP contribution is 2.21. The van der Waals surface area contributed by atoms with Gasteiger partial charge in [0.05, 0.1) is 5.56 Å². The molecule has 0 aliphatic rings. The molecule has 18 heavy (non-hydrogen) atoms. The Bertz CT molecular complexity index is 403. The van der Waals surface area contributed by atoms with Crippen LogP contribution in [0.2, 0.25) is 0 Å². The van der Waals surface area contributed by atoms with Crippen LogP contribution in [0.1, 0.15) is 29.6 Å². The standard InChI is InChI=1S/C12H13F4NO/c13-10-6-2-1-5-9(10)11(18)17-8-4-3-7-12(14,15)16/h1-2,5-6H,3-4,7-8H2,(H,17,18). The van der Waals surface area contributed by atoms with Gasteiger partial charge in [0.2, 0.25) is 0 Å². The van der Waals surface area contributed by atoms with Gasteiger partial charge in [-0.2, -0.15) is 13.2 Å². The van der Waals surface area contributed by atoms with E-state index in [2.05, 4.69) is 5.32 Å². The minimum absolute atomic E-state index is 0.0545. The van der Waals surface area contributed by atoms with Crippen molar-refractivity contribution in [2.45, 2.75) is 25.4 Å². The number of alkyl halides is 3. The maximum absolute atomic E-state index is 13.2. The van der Waals surface area contributed by atoms with Crippen LogP contribution in [-0.2, 0) is 0 Å². The lowest BCUT2D eigenvalue weighted by atomic mass is 10.2. The van der Waals surface area contributed by atoms with E-state index < -0.39 is 24.3 Å². The van der Waals surface area contributed by atoms with E-state index in [1.165, 1.54) is 18.2 Å². The van der Waals surface area contributed by atoms with Crippen molar-refractivity contribution in [3.05, 3.63) is 35.6 Å². The summed E-state index contributed by atoms with van der Waals surface area (Å²) in [5, 5.41) is 2.38. The molecule has 0 aliphatic heterocycles. The number of hydrogen-bond donors (Lipinski definition) is 1. The highest BCUT2D eigenvalue weighted by molar-refractivity contribution is 5.94. The number of unbranched alkanes of at least 4 members (excludes halogenated alkanes) is 1. The summed E-state index contributed by atoms with van der Waals surface area (Å²) in [6, 6.07) is 5.44. The number of hydrogen-bond acceptors (Lipinski definition) is 1. The van der Waals surface area contributed by atoms with Gasteiger partial charge in [0.25, 0.3) is 5.91 Å². The van der Waals surface area contributed by atoms with E-state index in [9.17, 15) is 22.4 Å². The van der Waals surface area contributed by atoms with Crippen molar-refractivity contribution < 1.29 is 22.4 Å². The first-order chi connectivity index (χ1) is 8.40. The Kier molecular flexibility index (Phi) is 5.12. The van der Waals surface area contributed by atoms with Crippen LogP contribution in [-0.4, -0.2) is 18.6 Å². The maximum Gasteiger partial charge on any atom is 0.389 e. The fourth-order valence-corrected chi connectivity index (χ4v) is 1.39. The zero-order chi connectivity index (χ0) is 13.6. The average molecular weight is 263 g/mol. The predicted molar refractivity (Wildman–Crippen MR) is 58.6 cm³/mol. The van der Waals surface area contributed by atoms with Crippen molar-refractivity contribution in [2.75, 3.05) is 6.54 Å². The van der Waals surface area contributed by atoms with Crippen molar-refractivity contribution >= 4 is 5.91 Å². The third-order valence-corrected chi connectivity index (χ3v) is 2.29. The minimum atomic E-state index is -4.17. The van der Waals surface area contributed by atoms with Crippen LogP contribution in [0.5, 0.6) is 0 Å². The molecule has 0 heterocycles. The molecule has 0 bridgehead atoms. The summed E-state index contributed by atoms with van der Waals surface area (Å²) in [4.78, 5) is 11.5. The molecule has 0 unspecified atom stereocenters. The summed E-state index contributed by atoms with van der Waals surface area (Å²) in [6.07, 6.45) is -4.89. The molecule has 0 spiro atoms. The SMILES string of the molecule is O=C(NCCCCC(F)(F)F)c1ccccc1F. The molecule has 1 aromatic carbocycles. The summed E-state index contributed by atoms with van der Waals surface area (Å²) in [5.41, 5.74) is -0.103. The number of nitrogens with one attached hydrogen (secondary N) is 1. The normalized spacial score (nSPS) is 11.3. The number of halogens is 4. The Morgan fingerprint density at radius 1 is 1.17 bits per heavy atom. The first kappa shape index (κ1) is 14.5. The molecule has 1 amide bonds. The van der Waals surface area contributed by atoms with Gasteiger partial charge in [-0.3, -0.25) is 4.79 Å². The van der Waals surface area contributed by atoms with Gasteiger partial charge in [-0.1, -0.05) is 12.1 Å². The van der Waals surface area contributed by atoms with Gasteiger partial charge in [-0.05, 0) is 25.0 Å². The second-order valence-corrected chi connectivity index (χ2v) is 3.81. The molecule has 0 atom stereocenters.